The summed E-state index contributed by atoms with van der Waals surface area (Å²) in [5.74, 6) is 0. The van der Waals surface area contributed by atoms with Gasteiger partial charge in [0.25, 0.3) is 0 Å². The summed E-state index contributed by atoms with van der Waals surface area (Å²) in [4.78, 5) is 7.49. The quantitative estimate of drug-likeness (QED) is 0.402. The molecular weight excluding hydrogens is 227 g/mol. The molecule has 0 radical (unpaired) electrons. The monoisotopic (exact) mass is 232 g/mol. The largest absolute Gasteiger partial charge is 1.00 e. The van der Waals surface area contributed by atoms with E-state index in [2.05, 4.69) is 9.97 Å². The first-order valence-electron chi connectivity index (χ1n) is 3.75. The Morgan fingerprint density at radius 3 is 2.33 bits per heavy atom. The van der Waals surface area contributed by atoms with E-state index in [1.165, 1.54) is 0 Å². The van der Waals surface area contributed by atoms with Crippen LogP contribution in [0.25, 0.3) is 11.0 Å². The van der Waals surface area contributed by atoms with Crippen LogP contribution in [0.5, 0.6) is 0 Å². The van der Waals surface area contributed by atoms with Crippen molar-refractivity contribution < 1.29 is 42.5 Å². The molecule has 1 aromatic carbocycles. The SMILES string of the molecule is O=S(=O)([O-])c1cnc2ccccc2n1.[Na+]. The molecular formula is C8H5N2NaO3S. The zero-order valence-electron chi connectivity index (χ0n) is 7.91. The van der Waals surface area contributed by atoms with Crippen molar-refractivity contribution in [2.45, 2.75) is 5.03 Å². The minimum absolute atomic E-state index is 0. The maximum atomic E-state index is 10.6. The van der Waals surface area contributed by atoms with Crippen LogP contribution in [0.3, 0.4) is 0 Å². The van der Waals surface area contributed by atoms with E-state index in [1.54, 1.807) is 24.3 Å². The van der Waals surface area contributed by atoms with Crippen molar-refractivity contribution in [1.82, 2.24) is 9.97 Å². The molecule has 0 atom stereocenters. The minimum atomic E-state index is -4.52. The van der Waals surface area contributed by atoms with Gasteiger partial charge in [0.15, 0.2) is 5.03 Å². The number of rotatable bonds is 1. The Labute approximate surface area is 109 Å². The molecule has 72 valence electrons. The van der Waals surface area contributed by atoms with Crippen molar-refractivity contribution in [2.24, 2.45) is 0 Å². The van der Waals surface area contributed by atoms with Crippen LogP contribution in [-0.4, -0.2) is 22.9 Å². The second-order valence-corrected chi connectivity index (χ2v) is 3.98. The van der Waals surface area contributed by atoms with Crippen molar-refractivity contribution in [3.8, 4) is 0 Å². The number of nitrogens with zero attached hydrogens (tertiary/aromatic N) is 2. The molecule has 0 unspecified atom stereocenters. The summed E-state index contributed by atoms with van der Waals surface area (Å²) in [7, 11) is -4.52. The van der Waals surface area contributed by atoms with Crippen LogP contribution >= 0.6 is 0 Å². The Bertz CT molecular complexity index is 585. The van der Waals surface area contributed by atoms with E-state index in [0.717, 1.165) is 6.20 Å². The Kier molecular flexibility index (Phi) is 3.80. The first-order valence-corrected chi connectivity index (χ1v) is 5.16. The zero-order valence-corrected chi connectivity index (χ0v) is 10.7. The predicted octanol–water partition coefficient (Wildman–Crippen LogP) is -2.46. The fraction of sp³-hybridized carbons (Fsp3) is 0. The van der Waals surface area contributed by atoms with Gasteiger partial charge in [-0.25, -0.2) is 13.4 Å². The fourth-order valence-electron chi connectivity index (χ4n) is 1.06. The first kappa shape index (κ1) is 12.5. The molecule has 0 spiro atoms. The topological polar surface area (TPSA) is 83.0 Å². The van der Waals surface area contributed by atoms with E-state index in [9.17, 15) is 13.0 Å². The van der Waals surface area contributed by atoms with Gasteiger partial charge >= 0.3 is 29.6 Å². The molecule has 0 aliphatic carbocycles. The normalized spacial score (nSPS) is 11.0. The molecule has 1 heterocycles. The average Bonchev–Trinajstić information content (AvgIpc) is 2.16. The summed E-state index contributed by atoms with van der Waals surface area (Å²) in [6.45, 7) is 0. The van der Waals surface area contributed by atoms with Crippen LogP contribution in [0.2, 0.25) is 0 Å². The van der Waals surface area contributed by atoms with Crippen LogP contribution in [0, 0.1) is 0 Å². The van der Waals surface area contributed by atoms with E-state index >= 15 is 0 Å². The van der Waals surface area contributed by atoms with Gasteiger partial charge in [0.05, 0.1) is 17.2 Å². The fourth-order valence-corrected chi connectivity index (χ4v) is 1.45. The van der Waals surface area contributed by atoms with Crippen LogP contribution in [0.1, 0.15) is 0 Å². The third-order valence-corrected chi connectivity index (χ3v) is 2.39. The van der Waals surface area contributed by atoms with Crippen molar-refractivity contribution in [3.05, 3.63) is 30.5 Å². The molecule has 0 aliphatic heterocycles. The van der Waals surface area contributed by atoms with Crippen molar-refractivity contribution in [1.29, 1.82) is 0 Å². The molecule has 0 N–H and O–H groups in total. The Hall–Kier alpha value is -0.530. The van der Waals surface area contributed by atoms with Crippen LogP contribution < -0.4 is 29.6 Å². The van der Waals surface area contributed by atoms with Gasteiger partial charge in [0.1, 0.15) is 10.1 Å². The standard InChI is InChI=1S/C8H6N2O3S.Na/c11-14(12,13)8-5-9-6-3-1-2-4-7(6)10-8;/h1-5H,(H,11,12,13);/q;+1/p-1. The Balaban J connectivity index is 0.00000112. The van der Waals surface area contributed by atoms with Gasteiger partial charge in [-0.1, -0.05) is 12.1 Å². The summed E-state index contributed by atoms with van der Waals surface area (Å²) in [6.07, 6.45) is 0.963. The van der Waals surface area contributed by atoms with Crippen molar-refractivity contribution in [2.75, 3.05) is 0 Å². The molecule has 2 aromatic rings. The molecule has 0 aliphatic rings. The minimum Gasteiger partial charge on any atom is -0.743 e. The van der Waals surface area contributed by atoms with E-state index in [0.29, 0.717) is 11.0 Å². The zero-order chi connectivity index (χ0) is 10.2. The Morgan fingerprint density at radius 1 is 1.13 bits per heavy atom. The van der Waals surface area contributed by atoms with E-state index in [4.69, 9.17) is 0 Å². The number of para-hydroxylation sites is 2. The average molecular weight is 232 g/mol. The van der Waals surface area contributed by atoms with Gasteiger partial charge < -0.3 is 4.55 Å². The molecule has 2 rings (SSSR count). The smallest absolute Gasteiger partial charge is 0.743 e. The predicted molar refractivity (Wildman–Crippen MR) is 47.5 cm³/mol. The third-order valence-electron chi connectivity index (χ3n) is 1.68. The van der Waals surface area contributed by atoms with Crippen LogP contribution in [0.15, 0.2) is 35.5 Å². The summed E-state index contributed by atoms with van der Waals surface area (Å²) in [5, 5.41) is -0.545. The second kappa shape index (κ2) is 4.54. The number of aromatic nitrogens is 2. The molecule has 5 nitrogen and oxygen atoms in total. The summed E-state index contributed by atoms with van der Waals surface area (Å²) >= 11 is 0. The van der Waals surface area contributed by atoms with Crippen molar-refractivity contribution in [3.63, 3.8) is 0 Å². The van der Waals surface area contributed by atoms with Gasteiger partial charge in [0, 0.05) is 0 Å². The maximum Gasteiger partial charge on any atom is 1.00 e. The van der Waals surface area contributed by atoms with Crippen LogP contribution in [0.4, 0.5) is 0 Å². The van der Waals surface area contributed by atoms with E-state index in [-0.39, 0.29) is 29.6 Å². The van der Waals surface area contributed by atoms with E-state index < -0.39 is 15.1 Å². The number of benzene rings is 1. The molecule has 0 saturated carbocycles. The number of hydrogen-bond donors (Lipinski definition) is 0. The second-order valence-electron chi connectivity index (χ2n) is 2.65. The van der Waals surface area contributed by atoms with Gasteiger partial charge in [-0.05, 0) is 12.1 Å². The van der Waals surface area contributed by atoms with E-state index in [1.807, 2.05) is 0 Å². The summed E-state index contributed by atoms with van der Waals surface area (Å²) < 4.78 is 31.9. The molecule has 7 heteroatoms. The number of hydrogen-bond acceptors (Lipinski definition) is 5. The number of fused-ring (bicyclic) bond motifs is 1. The molecule has 0 fully saturated rings. The maximum absolute atomic E-state index is 10.6. The Morgan fingerprint density at radius 2 is 1.73 bits per heavy atom. The molecule has 15 heavy (non-hydrogen) atoms. The van der Waals surface area contributed by atoms with Crippen LogP contribution in [-0.2, 0) is 10.1 Å². The first-order chi connectivity index (χ1) is 6.57. The molecule has 0 bridgehead atoms. The van der Waals surface area contributed by atoms with Gasteiger partial charge in [-0.15, -0.1) is 0 Å². The van der Waals surface area contributed by atoms with Gasteiger partial charge in [-0.2, -0.15) is 0 Å². The van der Waals surface area contributed by atoms with Crippen molar-refractivity contribution >= 4 is 21.2 Å². The van der Waals surface area contributed by atoms with Gasteiger partial charge in [-0.3, -0.25) is 4.98 Å². The molecule has 1 aromatic heterocycles. The van der Waals surface area contributed by atoms with Gasteiger partial charge in [0.2, 0.25) is 0 Å². The third kappa shape index (κ3) is 2.73. The molecule has 0 amide bonds. The molecule has 0 saturated heterocycles. The summed E-state index contributed by atoms with van der Waals surface area (Å²) in [5.41, 5.74) is 0.948. The summed E-state index contributed by atoms with van der Waals surface area (Å²) in [6, 6.07) is 6.72.